The van der Waals surface area contributed by atoms with Crippen LogP contribution in [0.5, 0.6) is 0 Å². The highest BCUT2D eigenvalue weighted by molar-refractivity contribution is 5.85. The molecule has 1 aromatic rings. The van der Waals surface area contributed by atoms with Gasteiger partial charge >= 0.3 is 5.97 Å². The van der Waals surface area contributed by atoms with Crippen LogP contribution in [0, 0.1) is 0 Å². The van der Waals surface area contributed by atoms with Crippen molar-refractivity contribution in [2.75, 3.05) is 18.0 Å². The monoisotopic (exact) mass is 191 g/mol. The van der Waals surface area contributed by atoms with Crippen molar-refractivity contribution in [2.24, 2.45) is 0 Å². The highest BCUT2D eigenvalue weighted by atomic mass is 16.4. The van der Waals surface area contributed by atoms with Gasteiger partial charge in [0.2, 0.25) is 0 Å². The molecular formula is C9H9N3O2. The van der Waals surface area contributed by atoms with E-state index in [0.29, 0.717) is 5.82 Å². The van der Waals surface area contributed by atoms with Crippen molar-refractivity contribution in [3.63, 3.8) is 0 Å². The highest BCUT2D eigenvalue weighted by Crippen LogP contribution is 2.12. The number of hydrogen-bond donors (Lipinski definition) is 1. The first kappa shape index (κ1) is 8.68. The fourth-order valence-corrected chi connectivity index (χ4v) is 1.28. The molecule has 0 aliphatic carbocycles. The van der Waals surface area contributed by atoms with Gasteiger partial charge in [-0.1, -0.05) is 12.2 Å². The lowest BCUT2D eigenvalue weighted by molar-refractivity contribution is 0.0690. The summed E-state index contributed by atoms with van der Waals surface area (Å²) in [6.07, 6.45) is 6.83. The summed E-state index contributed by atoms with van der Waals surface area (Å²) in [4.78, 5) is 20.4. The van der Waals surface area contributed by atoms with Crippen LogP contribution < -0.4 is 4.90 Å². The van der Waals surface area contributed by atoms with E-state index >= 15 is 0 Å². The lowest BCUT2D eigenvalue weighted by Gasteiger charge is -2.15. The van der Waals surface area contributed by atoms with Crippen molar-refractivity contribution in [3.8, 4) is 0 Å². The van der Waals surface area contributed by atoms with Crippen molar-refractivity contribution in [1.82, 2.24) is 9.97 Å². The highest BCUT2D eigenvalue weighted by Gasteiger charge is 2.12. The second-order valence-corrected chi connectivity index (χ2v) is 2.94. The molecule has 5 nitrogen and oxygen atoms in total. The minimum Gasteiger partial charge on any atom is -0.476 e. The van der Waals surface area contributed by atoms with E-state index in [-0.39, 0.29) is 5.69 Å². The van der Waals surface area contributed by atoms with Gasteiger partial charge in [0, 0.05) is 13.1 Å². The first-order valence-corrected chi connectivity index (χ1v) is 4.22. The largest absolute Gasteiger partial charge is 0.476 e. The topological polar surface area (TPSA) is 66.3 Å². The van der Waals surface area contributed by atoms with E-state index in [2.05, 4.69) is 9.97 Å². The Morgan fingerprint density at radius 3 is 2.71 bits per heavy atom. The van der Waals surface area contributed by atoms with E-state index in [0.717, 1.165) is 13.1 Å². The zero-order valence-corrected chi connectivity index (χ0v) is 7.42. The van der Waals surface area contributed by atoms with Crippen molar-refractivity contribution in [1.29, 1.82) is 0 Å². The van der Waals surface area contributed by atoms with Crippen molar-refractivity contribution in [3.05, 3.63) is 30.2 Å². The van der Waals surface area contributed by atoms with Crippen LogP contribution in [0.4, 0.5) is 5.82 Å². The molecule has 0 fully saturated rings. The van der Waals surface area contributed by atoms with Gasteiger partial charge in [-0.2, -0.15) is 0 Å². The smallest absolute Gasteiger partial charge is 0.356 e. The van der Waals surface area contributed by atoms with E-state index in [1.807, 2.05) is 17.1 Å². The third kappa shape index (κ3) is 1.56. The number of carboxylic acids is 1. The Bertz CT molecular complexity index is 381. The van der Waals surface area contributed by atoms with Crippen molar-refractivity contribution in [2.45, 2.75) is 0 Å². The van der Waals surface area contributed by atoms with Gasteiger partial charge in [-0.3, -0.25) is 4.98 Å². The predicted octanol–water partition coefficient (Wildman–Crippen LogP) is 0.551. The van der Waals surface area contributed by atoms with Gasteiger partial charge in [-0.05, 0) is 0 Å². The molecule has 0 spiro atoms. The molecule has 1 aliphatic rings. The predicted molar refractivity (Wildman–Crippen MR) is 50.3 cm³/mol. The summed E-state index contributed by atoms with van der Waals surface area (Å²) >= 11 is 0. The second-order valence-electron chi connectivity index (χ2n) is 2.94. The Hall–Kier alpha value is -1.91. The van der Waals surface area contributed by atoms with Gasteiger partial charge < -0.3 is 10.0 Å². The lowest BCUT2D eigenvalue weighted by atomic mass is 10.4. The average molecular weight is 191 g/mol. The average Bonchev–Trinajstić information content (AvgIpc) is 2.71. The number of nitrogens with zero attached hydrogens (tertiary/aromatic N) is 3. The fourth-order valence-electron chi connectivity index (χ4n) is 1.28. The van der Waals surface area contributed by atoms with Gasteiger partial charge in [-0.25, -0.2) is 9.78 Å². The molecule has 1 N–H and O–H groups in total. The third-order valence-electron chi connectivity index (χ3n) is 1.98. The molecule has 2 heterocycles. The Balaban J connectivity index is 2.26. The third-order valence-corrected chi connectivity index (χ3v) is 1.98. The molecule has 5 heteroatoms. The Morgan fingerprint density at radius 1 is 1.36 bits per heavy atom. The standard InChI is InChI=1S/C9H9N3O2/c13-9(14)7-5-10-6-8(11-7)12-3-1-2-4-12/h1-2,5-6H,3-4H2,(H,13,14). The number of rotatable bonds is 2. The van der Waals surface area contributed by atoms with Crippen LogP contribution >= 0.6 is 0 Å². The number of hydrogen-bond acceptors (Lipinski definition) is 4. The zero-order valence-electron chi connectivity index (χ0n) is 7.42. The van der Waals surface area contributed by atoms with Gasteiger partial charge in [0.25, 0.3) is 0 Å². The number of aromatic carboxylic acids is 1. The minimum absolute atomic E-state index is 0.0191. The molecule has 1 aromatic heterocycles. The summed E-state index contributed by atoms with van der Waals surface area (Å²) in [5, 5.41) is 8.72. The van der Waals surface area contributed by atoms with Crippen LogP contribution in [-0.4, -0.2) is 34.1 Å². The Kier molecular flexibility index (Phi) is 2.14. The maximum absolute atomic E-state index is 10.6. The van der Waals surface area contributed by atoms with Gasteiger partial charge in [0.05, 0.1) is 12.4 Å². The van der Waals surface area contributed by atoms with E-state index in [1.165, 1.54) is 6.20 Å². The summed E-state index contributed by atoms with van der Waals surface area (Å²) in [6.45, 7) is 1.52. The Morgan fingerprint density at radius 2 is 2.07 bits per heavy atom. The molecule has 0 saturated carbocycles. The molecule has 0 aromatic carbocycles. The van der Waals surface area contributed by atoms with Crippen LogP contribution in [-0.2, 0) is 0 Å². The minimum atomic E-state index is -1.05. The maximum atomic E-state index is 10.6. The first-order valence-electron chi connectivity index (χ1n) is 4.22. The number of carbonyl (C=O) groups is 1. The summed E-state index contributed by atoms with van der Waals surface area (Å²) in [5.41, 5.74) is -0.0191. The molecule has 0 unspecified atom stereocenters. The van der Waals surface area contributed by atoms with Gasteiger partial charge in [0.1, 0.15) is 5.82 Å². The molecular weight excluding hydrogens is 182 g/mol. The zero-order chi connectivity index (χ0) is 9.97. The number of anilines is 1. The molecule has 0 atom stereocenters. The maximum Gasteiger partial charge on any atom is 0.356 e. The van der Waals surface area contributed by atoms with Crippen LogP contribution in [0.15, 0.2) is 24.5 Å². The fraction of sp³-hybridized carbons (Fsp3) is 0.222. The van der Waals surface area contributed by atoms with Crippen LogP contribution in [0.2, 0.25) is 0 Å². The molecule has 1 aliphatic heterocycles. The summed E-state index contributed by atoms with van der Waals surface area (Å²) < 4.78 is 0. The Labute approximate surface area is 80.7 Å². The molecule has 0 radical (unpaired) electrons. The van der Waals surface area contributed by atoms with E-state index in [9.17, 15) is 4.79 Å². The quantitative estimate of drug-likeness (QED) is 0.691. The molecule has 72 valence electrons. The number of carboxylic acid groups (broad SMARTS) is 1. The van der Waals surface area contributed by atoms with Crippen LogP contribution in [0.25, 0.3) is 0 Å². The second kappa shape index (κ2) is 3.45. The molecule has 0 saturated heterocycles. The summed E-state index contributed by atoms with van der Waals surface area (Å²) in [6, 6.07) is 0. The van der Waals surface area contributed by atoms with Crippen molar-refractivity contribution >= 4 is 11.8 Å². The van der Waals surface area contributed by atoms with Gasteiger partial charge in [-0.15, -0.1) is 0 Å². The summed E-state index contributed by atoms with van der Waals surface area (Å²) in [7, 11) is 0. The van der Waals surface area contributed by atoms with E-state index < -0.39 is 5.97 Å². The molecule has 0 bridgehead atoms. The molecule has 0 amide bonds. The molecule has 2 rings (SSSR count). The normalized spacial score (nSPS) is 14.7. The molecule has 14 heavy (non-hydrogen) atoms. The first-order chi connectivity index (χ1) is 6.77. The van der Waals surface area contributed by atoms with Gasteiger partial charge in [0.15, 0.2) is 5.69 Å². The lowest BCUT2D eigenvalue weighted by Crippen LogP contribution is -2.21. The van der Waals surface area contributed by atoms with Crippen molar-refractivity contribution < 1.29 is 9.90 Å². The van der Waals surface area contributed by atoms with Crippen LogP contribution in [0.3, 0.4) is 0 Å². The summed E-state index contributed by atoms with van der Waals surface area (Å²) in [5.74, 6) is -0.443. The SMILES string of the molecule is O=C(O)c1cncc(N2CC=CC2)n1. The number of aromatic nitrogens is 2. The van der Waals surface area contributed by atoms with E-state index in [4.69, 9.17) is 5.11 Å². The van der Waals surface area contributed by atoms with Crippen LogP contribution in [0.1, 0.15) is 10.5 Å². The van der Waals surface area contributed by atoms with E-state index in [1.54, 1.807) is 6.20 Å².